The first kappa shape index (κ1) is 16.9. The average Bonchev–Trinajstić information content (AvgIpc) is 2.64. The zero-order chi connectivity index (χ0) is 18.0. The van der Waals surface area contributed by atoms with Crippen LogP contribution in [0.4, 0.5) is 4.79 Å². The van der Waals surface area contributed by atoms with Crippen LogP contribution in [0.1, 0.15) is 17.4 Å². The van der Waals surface area contributed by atoms with Gasteiger partial charge < -0.3 is 14.5 Å². The number of amides is 2. The molecule has 1 saturated heterocycles. The van der Waals surface area contributed by atoms with Gasteiger partial charge >= 0.3 is 6.09 Å². The first-order chi connectivity index (χ1) is 12.0. The Morgan fingerprint density at radius 2 is 1.76 bits per heavy atom. The van der Waals surface area contributed by atoms with Gasteiger partial charge in [-0.25, -0.2) is 4.79 Å². The topological polar surface area (TPSA) is 84.7 Å². The second-order valence-corrected chi connectivity index (χ2v) is 5.80. The number of para-hydroxylation sites is 1. The van der Waals surface area contributed by atoms with E-state index < -0.39 is 5.91 Å². The molecule has 1 aromatic carbocycles. The summed E-state index contributed by atoms with van der Waals surface area (Å²) in [5.41, 5.74) is 0.216. The fourth-order valence-electron chi connectivity index (χ4n) is 2.92. The van der Waals surface area contributed by atoms with Crippen molar-refractivity contribution in [2.75, 3.05) is 32.8 Å². The highest BCUT2D eigenvalue weighted by Crippen LogP contribution is 2.11. The van der Waals surface area contributed by atoms with Crippen LogP contribution in [0.5, 0.6) is 0 Å². The summed E-state index contributed by atoms with van der Waals surface area (Å²) in [5, 5.41) is 4.63. The Balaban J connectivity index is 1.81. The number of hydrogen-bond acceptors (Lipinski definition) is 5. The SMILES string of the molecule is CCOC(=O)N1CCN(C(=O)c2nn(C)c3ccccc3c2=O)CC1. The van der Waals surface area contributed by atoms with E-state index in [9.17, 15) is 14.4 Å². The van der Waals surface area contributed by atoms with E-state index in [-0.39, 0.29) is 17.2 Å². The van der Waals surface area contributed by atoms with Crippen molar-refractivity contribution in [2.45, 2.75) is 6.92 Å². The Hall–Kier alpha value is -2.90. The van der Waals surface area contributed by atoms with E-state index in [1.54, 1.807) is 46.7 Å². The standard InChI is InChI=1S/C17H20N4O4/c1-3-25-17(24)21-10-8-20(9-11-21)16(23)14-15(22)12-6-4-5-7-13(12)19(2)18-14/h4-7H,3,8-11H2,1-2H3. The van der Waals surface area contributed by atoms with Crippen molar-refractivity contribution < 1.29 is 14.3 Å². The lowest BCUT2D eigenvalue weighted by Crippen LogP contribution is -2.51. The van der Waals surface area contributed by atoms with Crippen LogP contribution < -0.4 is 5.43 Å². The van der Waals surface area contributed by atoms with Crippen molar-refractivity contribution in [1.82, 2.24) is 19.6 Å². The summed E-state index contributed by atoms with van der Waals surface area (Å²) in [5.74, 6) is -0.408. The number of fused-ring (bicyclic) bond motifs is 1. The first-order valence-electron chi connectivity index (χ1n) is 8.20. The molecule has 25 heavy (non-hydrogen) atoms. The fourth-order valence-corrected chi connectivity index (χ4v) is 2.92. The number of nitrogens with zero attached hydrogens (tertiary/aromatic N) is 4. The van der Waals surface area contributed by atoms with Crippen LogP contribution in [0.2, 0.25) is 0 Å². The number of carbonyl (C=O) groups excluding carboxylic acids is 2. The number of aryl methyl sites for hydroxylation is 1. The minimum Gasteiger partial charge on any atom is -0.450 e. The Bertz CT molecular complexity index is 869. The normalized spacial score (nSPS) is 14.6. The maximum atomic E-state index is 12.7. The van der Waals surface area contributed by atoms with Gasteiger partial charge in [-0.15, -0.1) is 0 Å². The maximum Gasteiger partial charge on any atom is 0.409 e. The summed E-state index contributed by atoms with van der Waals surface area (Å²) in [6.07, 6.45) is -0.380. The monoisotopic (exact) mass is 344 g/mol. The lowest BCUT2D eigenvalue weighted by atomic mass is 10.2. The van der Waals surface area contributed by atoms with E-state index in [2.05, 4.69) is 5.10 Å². The lowest BCUT2D eigenvalue weighted by molar-refractivity contribution is 0.0563. The number of hydrogen-bond donors (Lipinski definition) is 0. The van der Waals surface area contributed by atoms with E-state index in [0.29, 0.717) is 43.7 Å². The number of ether oxygens (including phenoxy) is 1. The van der Waals surface area contributed by atoms with E-state index >= 15 is 0 Å². The number of aromatic nitrogens is 2. The van der Waals surface area contributed by atoms with Crippen molar-refractivity contribution in [3.8, 4) is 0 Å². The molecule has 1 fully saturated rings. The number of carbonyl (C=O) groups is 2. The third-order valence-electron chi connectivity index (χ3n) is 4.26. The van der Waals surface area contributed by atoms with Crippen LogP contribution in [0.15, 0.2) is 29.1 Å². The summed E-state index contributed by atoms with van der Waals surface area (Å²) in [6, 6.07) is 7.06. The summed E-state index contributed by atoms with van der Waals surface area (Å²) in [7, 11) is 1.71. The van der Waals surface area contributed by atoms with E-state index in [4.69, 9.17) is 4.74 Å². The highest BCUT2D eigenvalue weighted by atomic mass is 16.6. The lowest BCUT2D eigenvalue weighted by Gasteiger charge is -2.33. The van der Waals surface area contributed by atoms with Crippen molar-refractivity contribution >= 4 is 22.9 Å². The quantitative estimate of drug-likeness (QED) is 0.806. The minimum absolute atomic E-state index is 0.0919. The smallest absolute Gasteiger partial charge is 0.409 e. The van der Waals surface area contributed by atoms with Crippen LogP contribution in [0.25, 0.3) is 10.9 Å². The molecule has 1 aliphatic heterocycles. The van der Waals surface area contributed by atoms with Gasteiger partial charge in [0, 0.05) is 38.6 Å². The summed E-state index contributed by atoms with van der Waals surface area (Å²) < 4.78 is 6.50. The van der Waals surface area contributed by atoms with E-state index in [0.717, 1.165) is 0 Å². The number of benzene rings is 1. The predicted octanol–water partition coefficient (Wildman–Crippen LogP) is 0.848. The van der Waals surface area contributed by atoms with Gasteiger partial charge in [0.05, 0.1) is 12.1 Å². The molecule has 0 N–H and O–H groups in total. The molecule has 0 unspecified atom stereocenters. The van der Waals surface area contributed by atoms with Gasteiger partial charge in [-0.05, 0) is 19.1 Å². The van der Waals surface area contributed by atoms with Crippen LogP contribution in [0.3, 0.4) is 0 Å². The first-order valence-corrected chi connectivity index (χ1v) is 8.20. The van der Waals surface area contributed by atoms with Crippen LogP contribution >= 0.6 is 0 Å². The van der Waals surface area contributed by atoms with Crippen LogP contribution in [0, 0.1) is 0 Å². The third-order valence-corrected chi connectivity index (χ3v) is 4.26. The average molecular weight is 344 g/mol. The molecule has 1 aromatic heterocycles. The zero-order valence-corrected chi connectivity index (χ0v) is 14.3. The Morgan fingerprint density at radius 1 is 1.12 bits per heavy atom. The maximum absolute atomic E-state index is 12.7. The molecule has 2 aromatic rings. The molecule has 0 saturated carbocycles. The molecule has 0 radical (unpaired) electrons. The third kappa shape index (κ3) is 3.19. The largest absolute Gasteiger partial charge is 0.450 e. The molecule has 0 aliphatic carbocycles. The summed E-state index contributed by atoms with van der Waals surface area (Å²) >= 11 is 0. The molecule has 1 aliphatic rings. The molecule has 0 bridgehead atoms. The molecule has 2 heterocycles. The van der Waals surface area contributed by atoms with Crippen LogP contribution in [-0.2, 0) is 11.8 Å². The molecular formula is C17H20N4O4. The Morgan fingerprint density at radius 3 is 2.44 bits per heavy atom. The summed E-state index contributed by atoms with van der Waals surface area (Å²) in [6.45, 7) is 3.50. The highest BCUT2D eigenvalue weighted by Gasteiger charge is 2.28. The highest BCUT2D eigenvalue weighted by molar-refractivity contribution is 5.95. The van der Waals surface area contributed by atoms with Gasteiger partial charge in [0.2, 0.25) is 5.43 Å². The van der Waals surface area contributed by atoms with E-state index in [1.807, 2.05) is 6.07 Å². The minimum atomic E-state index is -0.408. The van der Waals surface area contributed by atoms with Crippen molar-refractivity contribution in [3.63, 3.8) is 0 Å². The predicted molar refractivity (Wildman–Crippen MR) is 91.5 cm³/mol. The van der Waals surface area contributed by atoms with Crippen molar-refractivity contribution in [2.24, 2.45) is 7.05 Å². The van der Waals surface area contributed by atoms with Gasteiger partial charge in [-0.1, -0.05) is 12.1 Å². The van der Waals surface area contributed by atoms with Gasteiger partial charge in [0.1, 0.15) is 0 Å². The second kappa shape index (κ2) is 6.92. The Kier molecular flexibility index (Phi) is 4.69. The molecule has 8 nitrogen and oxygen atoms in total. The van der Waals surface area contributed by atoms with Gasteiger partial charge in [-0.3, -0.25) is 14.3 Å². The van der Waals surface area contributed by atoms with Gasteiger partial charge in [-0.2, -0.15) is 5.10 Å². The van der Waals surface area contributed by atoms with E-state index in [1.165, 1.54) is 0 Å². The molecule has 2 amide bonds. The molecule has 0 atom stereocenters. The second-order valence-electron chi connectivity index (χ2n) is 5.80. The fraction of sp³-hybridized carbons (Fsp3) is 0.412. The number of rotatable bonds is 2. The summed E-state index contributed by atoms with van der Waals surface area (Å²) in [4.78, 5) is 40.2. The number of piperazine rings is 1. The molecular weight excluding hydrogens is 324 g/mol. The molecule has 132 valence electrons. The molecule has 3 rings (SSSR count). The van der Waals surface area contributed by atoms with Gasteiger partial charge in [0.25, 0.3) is 5.91 Å². The Labute approximate surface area is 144 Å². The van der Waals surface area contributed by atoms with Crippen molar-refractivity contribution in [3.05, 3.63) is 40.2 Å². The molecule has 8 heteroatoms. The van der Waals surface area contributed by atoms with Gasteiger partial charge in [0.15, 0.2) is 5.69 Å². The molecule has 0 spiro atoms. The van der Waals surface area contributed by atoms with Crippen LogP contribution in [-0.4, -0.2) is 64.4 Å². The zero-order valence-electron chi connectivity index (χ0n) is 14.3. The van der Waals surface area contributed by atoms with Crippen molar-refractivity contribution in [1.29, 1.82) is 0 Å².